The summed E-state index contributed by atoms with van der Waals surface area (Å²) in [4.78, 5) is 0. The van der Waals surface area contributed by atoms with E-state index < -0.39 is 0 Å². The van der Waals surface area contributed by atoms with Crippen molar-refractivity contribution in [1.82, 2.24) is 0 Å². The highest BCUT2D eigenvalue weighted by atomic mass is 14.5. The molecule has 0 aromatic carbocycles. The number of hydrogen-bond donors (Lipinski definition) is 0. The predicted octanol–water partition coefficient (Wildman–Crippen LogP) is 4.78. The van der Waals surface area contributed by atoms with Gasteiger partial charge in [0.25, 0.3) is 0 Å². The van der Waals surface area contributed by atoms with Crippen LogP contribution in [0.5, 0.6) is 0 Å². The fourth-order valence-corrected chi connectivity index (χ4v) is 4.25. The summed E-state index contributed by atoms with van der Waals surface area (Å²) in [6.45, 7) is 7.45. The van der Waals surface area contributed by atoms with Crippen LogP contribution in [0.25, 0.3) is 0 Å². The fraction of sp³-hybridized carbons (Fsp3) is 1.00. The second-order valence-corrected chi connectivity index (χ2v) is 6.59. The Morgan fingerprint density at radius 1 is 0.857 bits per heavy atom. The van der Waals surface area contributed by atoms with Gasteiger partial charge in [0.2, 0.25) is 0 Å². The zero-order valence-corrected chi connectivity index (χ0v) is 10.2. The molecule has 0 saturated heterocycles. The molecule has 2 rings (SSSR count). The van der Waals surface area contributed by atoms with Crippen LogP contribution in [-0.2, 0) is 0 Å². The first-order chi connectivity index (χ1) is 6.56. The number of rotatable bonds is 0. The third-order valence-electron chi connectivity index (χ3n) is 5.13. The van der Waals surface area contributed by atoms with Crippen molar-refractivity contribution in [3.8, 4) is 0 Å². The molecular formula is C14H26. The molecule has 0 nitrogen and oxygen atoms in total. The van der Waals surface area contributed by atoms with Crippen molar-refractivity contribution in [2.45, 2.75) is 72.1 Å². The SMILES string of the molecule is CC(C)(C)C12CCCCC1CCCC2. The van der Waals surface area contributed by atoms with Crippen molar-refractivity contribution in [2.24, 2.45) is 16.7 Å². The van der Waals surface area contributed by atoms with Crippen LogP contribution < -0.4 is 0 Å². The summed E-state index contributed by atoms with van der Waals surface area (Å²) >= 11 is 0. The molecule has 82 valence electrons. The van der Waals surface area contributed by atoms with Crippen LogP contribution in [-0.4, -0.2) is 0 Å². The van der Waals surface area contributed by atoms with Gasteiger partial charge < -0.3 is 0 Å². The van der Waals surface area contributed by atoms with Crippen LogP contribution in [0.1, 0.15) is 72.1 Å². The summed E-state index contributed by atoms with van der Waals surface area (Å²) < 4.78 is 0. The van der Waals surface area contributed by atoms with Gasteiger partial charge in [-0.1, -0.05) is 46.5 Å². The Kier molecular flexibility index (Phi) is 2.66. The first-order valence-corrected chi connectivity index (χ1v) is 6.56. The van der Waals surface area contributed by atoms with Gasteiger partial charge in [-0.15, -0.1) is 0 Å². The molecule has 2 fully saturated rings. The monoisotopic (exact) mass is 194 g/mol. The van der Waals surface area contributed by atoms with Crippen molar-refractivity contribution in [1.29, 1.82) is 0 Å². The van der Waals surface area contributed by atoms with Crippen LogP contribution in [0.15, 0.2) is 0 Å². The lowest BCUT2D eigenvalue weighted by atomic mass is 9.50. The van der Waals surface area contributed by atoms with Gasteiger partial charge in [0.15, 0.2) is 0 Å². The van der Waals surface area contributed by atoms with Crippen molar-refractivity contribution in [3.05, 3.63) is 0 Å². The normalized spacial score (nSPS) is 39.2. The van der Waals surface area contributed by atoms with Crippen molar-refractivity contribution in [2.75, 3.05) is 0 Å². The minimum atomic E-state index is 0.540. The van der Waals surface area contributed by atoms with Gasteiger partial charge in [-0.25, -0.2) is 0 Å². The summed E-state index contributed by atoms with van der Waals surface area (Å²) in [5.74, 6) is 1.06. The summed E-state index contributed by atoms with van der Waals surface area (Å²) in [6.07, 6.45) is 12.1. The Morgan fingerprint density at radius 3 is 1.71 bits per heavy atom. The van der Waals surface area contributed by atoms with E-state index in [4.69, 9.17) is 0 Å². The minimum Gasteiger partial charge on any atom is -0.0596 e. The standard InChI is InChI=1S/C14H26/c1-13(2,3)14-10-6-4-8-12(14)9-5-7-11-14/h12H,4-11H2,1-3H3. The second-order valence-electron chi connectivity index (χ2n) is 6.59. The maximum absolute atomic E-state index is 2.48. The van der Waals surface area contributed by atoms with Gasteiger partial charge in [-0.2, -0.15) is 0 Å². The van der Waals surface area contributed by atoms with Gasteiger partial charge in [-0.3, -0.25) is 0 Å². The summed E-state index contributed by atoms with van der Waals surface area (Å²) in [5.41, 5.74) is 1.25. The largest absolute Gasteiger partial charge is 0.0596 e. The van der Waals surface area contributed by atoms with E-state index in [1.807, 2.05) is 0 Å². The molecule has 0 N–H and O–H groups in total. The molecule has 0 bridgehead atoms. The predicted molar refractivity (Wildman–Crippen MR) is 62.3 cm³/mol. The average Bonchev–Trinajstić information content (AvgIpc) is 2.16. The molecule has 0 unspecified atom stereocenters. The van der Waals surface area contributed by atoms with Gasteiger partial charge in [0.05, 0.1) is 0 Å². The van der Waals surface area contributed by atoms with E-state index in [-0.39, 0.29) is 0 Å². The Bertz CT molecular complexity index is 185. The molecule has 2 aliphatic rings. The Labute approximate surface area is 89.5 Å². The van der Waals surface area contributed by atoms with E-state index in [0.29, 0.717) is 10.8 Å². The van der Waals surface area contributed by atoms with E-state index >= 15 is 0 Å². The molecule has 0 aromatic rings. The molecule has 0 spiro atoms. The minimum absolute atomic E-state index is 0.540. The van der Waals surface area contributed by atoms with E-state index in [9.17, 15) is 0 Å². The van der Waals surface area contributed by atoms with E-state index in [2.05, 4.69) is 20.8 Å². The zero-order valence-electron chi connectivity index (χ0n) is 10.2. The molecule has 0 heteroatoms. The lowest BCUT2D eigenvalue weighted by Gasteiger charge is -2.55. The number of fused-ring (bicyclic) bond motifs is 1. The van der Waals surface area contributed by atoms with Crippen LogP contribution in [0.3, 0.4) is 0 Å². The highest BCUT2D eigenvalue weighted by Gasteiger charge is 2.49. The Hall–Kier alpha value is 0. The van der Waals surface area contributed by atoms with Crippen molar-refractivity contribution >= 4 is 0 Å². The quantitative estimate of drug-likeness (QED) is 0.520. The Balaban J connectivity index is 2.25. The third kappa shape index (κ3) is 1.51. The smallest absolute Gasteiger partial charge is 0.0221 e. The molecule has 0 radical (unpaired) electrons. The fourth-order valence-electron chi connectivity index (χ4n) is 4.25. The third-order valence-corrected chi connectivity index (χ3v) is 5.13. The topological polar surface area (TPSA) is 0 Å². The maximum atomic E-state index is 2.48. The maximum Gasteiger partial charge on any atom is -0.0221 e. The highest BCUT2D eigenvalue weighted by Crippen LogP contribution is 2.59. The summed E-state index contributed by atoms with van der Waals surface area (Å²) in [5, 5.41) is 0. The summed E-state index contributed by atoms with van der Waals surface area (Å²) in [6, 6.07) is 0. The van der Waals surface area contributed by atoms with E-state index in [0.717, 1.165) is 5.92 Å². The molecule has 0 heterocycles. The number of hydrogen-bond acceptors (Lipinski definition) is 0. The first-order valence-electron chi connectivity index (χ1n) is 6.56. The lowest BCUT2D eigenvalue weighted by molar-refractivity contribution is -0.0538. The van der Waals surface area contributed by atoms with Gasteiger partial charge in [0.1, 0.15) is 0 Å². The summed E-state index contributed by atoms with van der Waals surface area (Å²) in [7, 11) is 0. The van der Waals surface area contributed by atoms with E-state index in [1.54, 1.807) is 0 Å². The molecule has 2 saturated carbocycles. The molecule has 0 amide bonds. The molecule has 0 aliphatic heterocycles. The van der Waals surface area contributed by atoms with Crippen molar-refractivity contribution < 1.29 is 0 Å². The van der Waals surface area contributed by atoms with Crippen LogP contribution in [0, 0.1) is 16.7 Å². The molecule has 2 aliphatic carbocycles. The zero-order chi connectivity index (χ0) is 10.2. The molecule has 0 atom stereocenters. The van der Waals surface area contributed by atoms with Gasteiger partial charge in [0, 0.05) is 0 Å². The van der Waals surface area contributed by atoms with E-state index in [1.165, 1.54) is 51.4 Å². The van der Waals surface area contributed by atoms with Crippen LogP contribution in [0.4, 0.5) is 0 Å². The van der Waals surface area contributed by atoms with Crippen molar-refractivity contribution in [3.63, 3.8) is 0 Å². The van der Waals surface area contributed by atoms with Gasteiger partial charge in [-0.05, 0) is 42.4 Å². The van der Waals surface area contributed by atoms with Gasteiger partial charge >= 0.3 is 0 Å². The molecular weight excluding hydrogens is 168 g/mol. The highest BCUT2D eigenvalue weighted by molar-refractivity contribution is 4.99. The first kappa shape index (κ1) is 10.5. The van der Waals surface area contributed by atoms with Crippen LogP contribution in [0.2, 0.25) is 0 Å². The lowest BCUT2D eigenvalue weighted by Crippen LogP contribution is -2.46. The average molecular weight is 194 g/mol. The Morgan fingerprint density at radius 2 is 1.36 bits per heavy atom. The second kappa shape index (κ2) is 3.54. The molecule has 14 heavy (non-hydrogen) atoms. The van der Waals surface area contributed by atoms with Crippen LogP contribution >= 0.6 is 0 Å². The molecule has 0 aromatic heterocycles.